The Labute approximate surface area is 132 Å². The molecule has 0 bridgehead atoms. The average Bonchev–Trinajstić information content (AvgIpc) is 3.02. The Balaban J connectivity index is 1.64. The maximum atomic E-state index is 12.5. The van der Waals surface area contributed by atoms with Gasteiger partial charge in [-0.25, -0.2) is 0 Å². The van der Waals surface area contributed by atoms with Gasteiger partial charge in [0.1, 0.15) is 5.75 Å². The van der Waals surface area contributed by atoms with Crippen molar-refractivity contribution in [3.63, 3.8) is 0 Å². The smallest absolute Gasteiger partial charge is 0.227 e. The zero-order valence-electron chi connectivity index (χ0n) is 13.1. The van der Waals surface area contributed by atoms with Gasteiger partial charge < -0.3 is 15.8 Å². The summed E-state index contributed by atoms with van der Waals surface area (Å²) in [6.45, 7) is 0. The summed E-state index contributed by atoms with van der Waals surface area (Å²) in [5.74, 6) is 0.906. The van der Waals surface area contributed by atoms with Crippen LogP contribution in [-0.2, 0) is 4.79 Å². The van der Waals surface area contributed by atoms with E-state index in [0.717, 1.165) is 50.0 Å². The van der Waals surface area contributed by atoms with E-state index in [-0.39, 0.29) is 17.9 Å². The Morgan fingerprint density at radius 1 is 1.09 bits per heavy atom. The van der Waals surface area contributed by atoms with Gasteiger partial charge in [-0.15, -0.1) is 0 Å². The summed E-state index contributed by atoms with van der Waals surface area (Å²) in [4.78, 5) is 12.5. The van der Waals surface area contributed by atoms with Gasteiger partial charge in [0.2, 0.25) is 5.91 Å². The Morgan fingerprint density at radius 3 is 2.64 bits per heavy atom. The number of nitrogens with two attached hydrogens (primary N) is 1. The minimum absolute atomic E-state index is 0.0308. The number of carbonyl (C=O) groups is 1. The second kappa shape index (κ2) is 7.14. The van der Waals surface area contributed by atoms with Gasteiger partial charge in [-0.2, -0.15) is 0 Å². The topological polar surface area (TPSA) is 64.4 Å². The van der Waals surface area contributed by atoms with E-state index in [2.05, 4.69) is 5.32 Å². The zero-order valence-corrected chi connectivity index (χ0v) is 13.1. The molecule has 2 unspecified atom stereocenters. The van der Waals surface area contributed by atoms with Crippen molar-refractivity contribution in [1.29, 1.82) is 0 Å². The van der Waals surface area contributed by atoms with Crippen LogP contribution in [0.5, 0.6) is 5.75 Å². The molecule has 2 aliphatic rings. The molecule has 3 N–H and O–H groups in total. The third-order valence-corrected chi connectivity index (χ3v) is 4.83. The normalized spacial score (nSPS) is 25.9. The highest BCUT2D eigenvalue weighted by atomic mass is 16.5. The number of para-hydroxylation sites is 2. The molecule has 0 heterocycles. The molecule has 120 valence electrons. The molecule has 4 heteroatoms. The van der Waals surface area contributed by atoms with E-state index in [9.17, 15) is 4.79 Å². The van der Waals surface area contributed by atoms with E-state index in [1.807, 2.05) is 24.3 Å². The van der Waals surface area contributed by atoms with Crippen LogP contribution in [0.25, 0.3) is 0 Å². The van der Waals surface area contributed by atoms with Crippen molar-refractivity contribution in [1.82, 2.24) is 0 Å². The number of carbonyl (C=O) groups excluding carboxylic acids is 1. The van der Waals surface area contributed by atoms with Gasteiger partial charge in [0.05, 0.1) is 11.8 Å². The summed E-state index contributed by atoms with van der Waals surface area (Å²) in [6.07, 6.45) is 8.78. The second-order valence-corrected chi connectivity index (χ2v) is 6.63. The van der Waals surface area contributed by atoms with E-state index in [4.69, 9.17) is 10.5 Å². The lowest BCUT2D eigenvalue weighted by Gasteiger charge is -2.26. The lowest BCUT2D eigenvalue weighted by Crippen LogP contribution is -2.34. The van der Waals surface area contributed by atoms with Crippen molar-refractivity contribution < 1.29 is 9.53 Å². The van der Waals surface area contributed by atoms with Crippen LogP contribution in [0.3, 0.4) is 0 Å². The van der Waals surface area contributed by atoms with E-state index in [1.165, 1.54) is 12.8 Å². The number of rotatable bonds is 4. The lowest BCUT2D eigenvalue weighted by molar-refractivity contribution is -0.120. The van der Waals surface area contributed by atoms with E-state index >= 15 is 0 Å². The molecule has 2 aliphatic carbocycles. The largest absolute Gasteiger partial charge is 0.488 e. The van der Waals surface area contributed by atoms with Crippen molar-refractivity contribution in [3.05, 3.63) is 24.3 Å². The van der Waals surface area contributed by atoms with Crippen molar-refractivity contribution in [2.45, 2.75) is 63.5 Å². The third kappa shape index (κ3) is 3.80. The fourth-order valence-electron chi connectivity index (χ4n) is 3.56. The number of hydrogen-bond acceptors (Lipinski definition) is 3. The molecule has 2 atom stereocenters. The third-order valence-electron chi connectivity index (χ3n) is 4.83. The molecule has 0 spiro atoms. The highest BCUT2D eigenvalue weighted by Crippen LogP contribution is 2.31. The van der Waals surface area contributed by atoms with Crippen LogP contribution in [0.1, 0.15) is 51.4 Å². The molecule has 1 aromatic carbocycles. The Kier molecular flexibility index (Phi) is 4.98. The van der Waals surface area contributed by atoms with Crippen molar-refractivity contribution >= 4 is 11.6 Å². The van der Waals surface area contributed by atoms with E-state index < -0.39 is 0 Å². The minimum atomic E-state index is 0.0308. The van der Waals surface area contributed by atoms with Crippen molar-refractivity contribution in [3.8, 4) is 5.75 Å². The Bertz CT molecular complexity index is 512. The maximum absolute atomic E-state index is 12.5. The maximum Gasteiger partial charge on any atom is 0.227 e. The summed E-state index contributed by atoms with van der Waals surface area (Å²) in [5.41, 5.74) is 6.78. The number of amides is 1. The number of ether oxygens (including phenoxy) is 1. The molecule has 4 nitrogen and oxygen atoms in total. The zero-order chi connectivity index (χ0) is 15.4. The monoisotopic (exact) mass is 302 g/mol. The first-order valence-corrected chi connectivity index (χ1v) is 8.54. The number of nitrogens with one attached hydrogen (secondary N) is 1. The van der Waals surface area contributed by atoms with Crippen LogP contribution in [0.4, 0.5) is 5.69 Å². The molecule has 1 aromatic rings. The molecule has 2 fully saturated rings. The molecule has 1 amide bonds. The van der Waals surface area contributed by atoms with Gasteiger partial charge >= 0.3 is 0 Å². The van der Waals surface area contributed by atoms with E-state index in [1.54, 1.807) is 0 Å². The van der Waals surface area contributed by atoms with Crippen LogP contribution in [0.2, 0.25) is 0 Å². The first-order valence-electron chi connectivity index (χ1n) is 8.54. The van der Waals surface area contributed by atoms with Crippen LogP contribution in [0.15, 0.2) is 24.3 Å². The standard InChI is InChI=1S/C18H26N2O2/c19-14-7-5-6-13(12-14)18(21)20-16-10-3-4-11-17(16)22-15-8-1-2-9-15/h3-4,10-11,13-15H,1-2,5-9,12,19H2,(H,20,21). The highest BCUT2D eigenvalue weighted by Gasteiger charge is 2.26. The van der Waals surface area contributed by atoms with Gasteiger partial charge in [-0.1, -0.05) is 18.6 Å². The fraction of sp³-hybridized carbons (Fsp3) is 0.611. The Hall–Kier alpha value is -1.55. The highest BCUT2D eigenvalue weighted by molar-refractivity contribution is 5.94. The van der Waals surface area contributed by atoms with Gasteiger partial charge in [-0.05, 0) is 57.1 Å². The molecular formula is C18H26N2O2. The average molecular weight is 302 g/mol. The van der Waals surface area contributed by atoms with Gasteiger partial charge in [0.15, 0.2) is 0 Å². The molecule has 0 saturated heterocycles. The van der Waals surface area contributed by atoms with Gasteiger partial charge in [0.25, 0.3) is 0 Å². The molecule has 2 saturated carbocycles. The fourth-order valence-corrected chi connectivity index (χ4v) is 3.56. The summed E-state index contributed by atoms with van der Waals surface area (Å²) in [5, 5.41) is 3.06. The second-order valence-electron chi connectivity index (χ2n) is 6.63. The first-order chi connectivity index (χ1) is 10.7. The van der Waals surface area contributed by atoms with E-state index in [0.29, 0.717) is 6.10 Å². The summed E-state index contributed by atoms with van der Waals surface area (Å²) < 4.78 is 6.08. The summed E-state index contributed by atoms with van der Waals surface area (Å²) >= 11 is 0. The van der Waals surface area contributed by atoms with Gasteiger partial charge in [-0.3, -0.25) is 4.79 Å². The predicted molar refractivity (Wildman–Crippen MR) is 87.9 cm³/mol. The SMILES string of the molecule is NC1CCCC(C(=O)Nc2ccccc2OC2CCCC2)C1. The number of anilines is 1. The van der Waals surface area contributed by atoms with Crippen LogP contribution >= 0.6 is 0 Å². The van der Waals surface area contributed by atoms with Crippen LogP contribution in [0, 0.1) is 5.92 Å². The van der Waals surface area contributed by atoms with Crippen molar-refractivity contribution in [2.75, 3.05) is 5.32 Å². The molecular weight excluding hydrogens is 276 g/mol. The summed E-state index contributed by atoms with van der Waals surface area (Å²) in [6, 6.07) is 7.92. The molecule has 0 aromatic heterocycles. The quantitative estimate of drug-likeness (QED) is 0.895. The van der Waals surface area contributed by atoms with Gasteiger partial charge in [0, 0.05) is 12.0 Å². The molecule has 22 heavy (non-hydrogen) atoms. The number of hydrogen-bond donors (Lipinski definition) is 2. The number of benzene rings is 1. The molecule has 0 aliphatic heterocycles. The lowest BCUT2D eigenvalue weighted by atomic mass is 9.85. The predicted octanol–water partition coefficient (Wildman–Crippen LogP) is 3.46. The van der Waals surface area contributed by atoms with Crippen LogP contribution in [-0.4, -0.2) is 18.1 Å². The molecule has 3 rings (SSSR count). The summed E-state index contributed by atoms with van der Waals surface area (Å²) in [7, 11) is 0. The first kappa shape index (κ1) is 15.3. The van der Waals surface area contributed by atoms with Crippen molar-refractivity contribution in [2.24, 2.45) is 11.7 Å². The van der Waals surface area contributed by atoms with Crippen LogP contribution < -0.4 is 15.8 Å². The minimum Gasteiger partial charge on any atom is -0.488 e. The molecule has 0 radical (unpaired) electrons. The Morgan fingerprint density at radius 2 is 1.86 bits per heavy atom.